The Kier molecular flexibility index (Phi) is 3.53. The fourth-order valence-electron chi connectivity index (χ4n) is 2.66. The molecule has 1 N–H and O–H groups in total. The van der Waals surface area contributed by atoms with Crippen molar-refractivity contribution in [2.75, 3.05) is 32.7 Å². The van der Waals surface area contributed by atoms with E-state index >= 15 is 0 Å². The Bertz CT molecular complexity index is 570. The first-order valence-corrected chi connectivity index (χ1v) is 7.03. The maximum atomic E-state index is 5.52. The SMILES string of the molecule is Cc1ccc2c(CCN3CCNCC3)noc2c1C. The molecule has 0 bridgehead atoms. The quantitative estimate of drug-likeness (QED) is 0.914. The lowest BCUT2D eigenvalue weighted by Crippen LogP contribution is -2.44. The topological polar surface area (TPSA) is 41.3 Å². The molecule has 2 aromatic rings. The van der Waals surface area contributed by atoms with Gasteiger partial charge in [0.05, 0.1) is 5.69 Å². The minimum atomic E-state index is 0.954. The number of nitrogens with one attached hydrogen (secondary N) is 1. The molecule has 0 saturated carbocycles. The van der Waals surface area contributed by atoms with E-state index < -0.39 is 0 Å². The molecular weight excluding hydrogens is 238 g/mol. The highest BCUT2D eigenvalue weighted by Crippen LogP contribution is 2.24. The van der Waals surface area contributed by atoms with Gasteiger partial charge in [-0.2, -0.15) is 0 Å². The third kappa shape index (κ3) is 2.51. The van der Waals surface area contributed by atoms with Gasteiger partial charge < -0.3 is 14.7 Å². The molecule has 2 heterocycles. The van der Waals surface area contributed by atoms with Crippen molar-refractivity contribution in [2.45, 2.75) is 20.3 Å². The summed E-state index contributed by atoms with van der Waals surface area (Å²) in [6.45, 7) is 9.73. The number of hydrogen-bond donors (Lipinski definition) is 1. The Labute approximate surface area is 113 Å². The molecule has 0 aliphatic carbocycles. The lowest BCUT2D eigenvalue weighted by molar-refractivity contribution is 0.242. The number of aryl methyl sites for hydroxylation is 2. The van der Waals surface area contributed by atoms with Crippen molar-refractivity contribution in [1.82, 2.24) is 15.4 Å². The Morgan fingerprint density at radius 2 is 2.05 bits per heavy atom. The third-order valence-electron chi connectivity index (χ3n) is 4.11. The predicted molar refractivity (Wildman–Crippen MR) is 76.5 cm³/mol. The van der Waals surface area contributed by atoms with Crippen molar-refractivity contribution in [3.8, 4) is 0 Å². The average molecular weight is 259 g/mol. The summed E-state index contributed by atoms with van der Waals surface area (Å²) in [6.07, 6.45) is 0.968. The van der Waals surface area contributed by atoms with E-state index in [1.807, 2.05) is 0 Å². The van der Waals surface area contributed by atoms with Gasteiger partial charge in [0.15, 0.2) is 5.58 Å². The van der Waals surface area contributed by atoms with Gasteiger partial charge in [-0.15, -0.1) is 0 Å². The second kappa shape index (κ2) is 5.31. The van der Waals surface area contributed by atoms with Crippen LogP contribution < -0.4 is 5.32 Å². The summed E-state index contributed by atoms with van der Waals surface area (Å²) in [5.41, 5.74) is 4.52. The Hall–Kier alpha value is -1.39. The fourth-order valence-corrected chi connectivity index (χ4v) is 2.66. The maximum absolute atomic E-state index is 5.52. The van der Waals surface area contributed by atoms with E-state index in [0.717, 1.165) is 50.4 Å². The van der Waals surface area contributed by atoms with E-state index in [4.69, 9.17) is 4.52 Å². The monoisotopic (exact) mass is 259 g/mol. The van der Waals surface area contributed by atoms with E-state index in [-0.39, 0.29) is 0 Å². The van der Waals surface area contributed by atoms with Crippen LogP contribution in [0.25, 0.3) is 11.0 Å². The number of hydrogen-bond acceptors (Lipinski definition) is 4. The highest BCUT2D eigenvalue weighted by Gasteiger charge is 2.14. The van der Waals surface area contributed by atoms with Crippen LogP contribution in [-0.4, -0.2) is 42.8 Å². The Morgan fingerprint density at radius 3 is 2.84 bits per heavy atom. The lowest BCUT2D eigenvalue weighted by atomic mass is 10.1. The van der Waals surface area contributed by atoms with Crippen molar-refractivity contribution in [3.05, 3.63) is 29.0 Å². The van der Waals surface area contributed by atoms with E-state index in [2.05, 4.69) is 41.4 Å². The molecule has 0 spiro atoms. The number of piperazine rings is 1. The van der Waals surface area contributed by atoms with Crippen molar-refractivity contribution >= 4 is 11.0 Å². The van der Waals surface area contributed by atoms with Gasteiger partial charge in [0.1, 0.15) is 0 Å². The fraction of sp³-hybridized carbons (Fsp3) is 0.533. The summed E-state index contributed by atoms with van der Waals surface area (Å²) < 4.78 is 5.52. The molecule has 1 saturated heterocycles. The van der Waals surface area contributed by atoms with Gasteiger partial charge in [-0.25, -0.2) is 0 Å². The van der Waals surface area contributed by atoms with Gasteiger partial charge in [-0.05, 0) is 31.0 Å². The molecule has 0 unspecified atom stereocenters. The molecule has 1 aliphatic rings. The molecule has 4 nitrogen and oxygen atoms in total. The van der Waals surface area contributed by atoms with Gasteiger partial charge in [-0.1, -0.05) is 11.2 Å². The van der Waals surface area contributed by atoms with Crippen molar-refractivity contribution < 1.29 is 4.52 Å². The summed E-state index contributed by atoms with van der Waals surface area (Å²) in [6, 6.07) is 4.30. The number of fused-ring (bicyclic) bond motifs is 1. The first kappa shape index (κ1) is 12.6. The number of nitrogens with zero attached hydrogens (tertiary/aromatic N) is 2. The highest BCUT2D eigenvalue weighted by atomic mass is 16.5. The van der Waals surface area contributed by atoms with Crippen LogP contribution in [0.1, 0.15) is 16.8 Å². The smallest absolute Gasteiger partial charge is 0.170 e. The van der Waals surface area contributed by atoms with Crippen LogP contribution in [0.3, 0.4) is 0 Å². The van der Waals surface area contributed by atoms with Crippen LogP contribution in [0.2, 0.25) is 0 Å². The molecular formula is C15H21N3O. The third-order valence-corrected chi connectivity index (χ3v) is 4.11. The van der Waals surface area contributed by atoms with Crippen LogP contribution in [-0.2, 0) is 6.42 Å². The number of rotatable bonds is 3. The zero-order chi connectivity index (χ0) is 13.2. The second-order valence-electron chi connectivity index (χ2n) is 5.36. The molecule has 0 amide bonds. The van der Waals surface area contributed by atoms with Crippen molar-refractivity contribution in [1.29, 1.82) is 0 Å². The minimum Gasteiger partial charge on any atom is -0.356 e. The largest absolute Gasteiger partial charge is 0.356 e. The van der Waals surface area contributed by atoms with Crippen LogP contribution in [0.15, 0.2) is 16.7 Å². The average Bonchev–Trinajstić information content (AvgIpc) is 2.86. The normalized spacial score (nSPS) is 17.2. The highest BCUT2D eigenvalue weighted by molar-refractivity contribution is 5.83. The van der Waals surface area contributed by atoms with Gasteiger partial charge in [0.25, 0.3) is 0 Å². The van der Waals surface area contributed by atoms with Gasteiger partial charge in [0, 0.05) is 44.5 Å². The molecule has 0 atom stereocenters. The molecule has 1 aliphatic heterocycles. The number of benzene rings is 1. The van der Waals surface area contributed by atoms with Crippen molar-refractivity contribution in [2.24, 2.45) is 0 Å². The summed E-state index contributed by atoms with van der Waals surface area (Å²) in [5.74, 6) is 0. The van der Waals surface area contributed by atoms with Crippen LogP contribution in [0.5, 0.6) is 0 Å². The van der Waals surface area contributed by atoms with Crippen molar-refractivity contribution in [3.63, 3.8) is 0 Å². The molecule has 19 heavy (non-hydrogen) atoms. The lowest BCUT2D eigenvalue weighted by Gasteiger charge is -2.26. The Morgan fingerprint density at radius 1 is 1.26 bits per heavy atom. The summed E-state index contributed by atoms with van der Waals surface area (Å²) >= 11 is 0. The van der Waals surface area contributed by atoms with Crippen LogP contribution in [0, 0.1) is 13.8 Å². The molecule has 3 rings (SSSR count). The first-order valence-electron chi connectivity index (χ1n) is 7.03. The van der Waals surface area contributed by atoms with E-state index in [1.54, 1.807) is 0 Å². The molecule has 1 fully saturated rings. The zero-order valence-corrected chi connectivity index (χ0v) is 11.7. The van der Waals surface area contributed by atoms with E-state index in [1.165, 1.54) is 16.5 Å². The first-order chi connectivity index (χ1) is 9.25. The predicted octanol–water partition coefficient (Wildman–Crippen LogP) is 1.89. The summed E-state index contributed by atoms with van der Waals surface area (Å²) in [7, 11) is 0. The molecule has 1 aromatic heterocycles. The standard InChI is InChI=1S/C15H21N3O/c1-11-3-4-13-14(17-19-15(13)12(11)2)5-8-18-9-6-16-7-10-18/h3-4,16H,5-10H2,1-2H3. The van der Waals surface area contributed by atoms with Gasteiger partial charge in [-0.3, -0.25) is 0 Å². The molecule has 102 valence electrons. The van der Waals surface area contributed by atoms with Gasteiger partial charge >= 0.3 is 0 Å². The van der Waals surface area contributed by atoms with Gasteiger partial charge in [0.2, 0.25) is 0 Å². The second-order valence-corrected chi connectivity index (χ2v) is 5.36. The summed E-state index contributed by atoms with van der Waals surface area (Å²) in [5, 5.41) is 8.82. The molecule has 4 heteroatoms. The van der Waals surface area contributed by atoms with Crippen LogP contribution in [0.4, 0.5) is 0 Å². The molecule has 1 aromatic carbocycles. The van der Waals surface area contributed by atoms with E-state index in [9.17, 15) is 0 Å². The number of aromatic nitrogens is 1. The minimum absolute atomic E-state index is 0.954. The maximum Gasteiger partial charge on any atom is 0.170 e. The molecule has 0 radical (unpaired) electrons. The summed E-state index contributed by atoms with van der Waals surface area (Å²) in [4.78, 5) is 2.48. The zero-order valence-electron chi connectivity index (χ0n) is 11.7. The van der Waals surface area contributed by atoms with E-state index in [0.29, 0.717) is 0 Å². The Balaban J connectivity index is 1.76. The van der Waals surface area contributed by atoms with Crippen LogP contribution >= 0.6 is 0 Å².